The van der Waals surface area contributed by atoms with Gasteiger partial charge in [-0.05, 0) is 36.6 Å². The molecule has 2 N–H and O–H groups in total. The minimum atomic E-state index is -0.00598. The highest BCUT2D eigenvalue weighted by Crippen LogP contribution is 2.27. The molecule has 0 saturated carbocycles. The number of nitrogens with one attached hydrogen (secondary N) is 2. The highest BCUT2D eigenvalue weighted by molar-refractivity contribution is 5.77. The number of hydrogen-bond donors (Lipinski definition) is 2. The van der Waals surface area contributed by atoms with Crippen molar-refractivity contribution in [1.29, 1.82) is 0 Å². The Balaban J connectivity index is 2.36. The third-order valence-electron chi connectivity index (χ3n) is 3.12. The summed E-state index contributed by atoms with van der Waals surface area (Å²) < 4.78 is 10.4. The van der Waals surface area contributed by atoms with Gasteiger partial charge in [-0.15, -0.1) is 0 Å². The molecule has 5 nitrogen and oxygen atoms in total. The summed E-state index contributed by atoms with van der Waals surface area (Å²) in [7, 11) is 3.20. The average molecular weight is 294 g/mol. The van der Waals surface area contributed by atoms with Crippen LogP contribution < -0.4 is 20.1 Å². The normalized spacial score (nSPS) is 10.5. The van der Waals surface area contributed by atoms with Gasteiger partial charge in [-0.2, -0.15) is 0 Å². The van der Waals surface area contributed by atoms with E-state index in [0.29, 0.717) is 30.5 Å². The van der Waals surface area contributed by atoms with Crippen molar-refractivity contribution in [2.75, 3.05) is 27.3 Å². The summed E-state index contributed by atoms with van der Waals surface area (Å²) in [5.74, 6) is 1.99. The Kier molecular flexibility index (Phi) is 7.61. The number of rotatable bonds is 9. The Bertz CT molecular complexity index is 447. The van der Waals surface area contributed by atoms with Crippen molar-refractivity contribution >= 4 is 5.91 Å². The highest BCUT2D eigenvalue weighted by Gasteiger charge is 2.06. The van der Waals surface area contributed by atoms with Crippen molar-refractivity contribution in [3.63, 3.8) is 0 Å². The maximum absolute atomic E-state index is 11.7. The molecule has 0 spiro atoms. The molecular formula is C16H26N2O3. The van der Waals surface area contributed by atoms with Crippen LogP contribution in [0, 0.1) is 5.92 Å². The third kappa shape index (κ3) is 6.49. The van der Waals surface area contributed by atoms with Gasteiger partial charge in [-0.3, -0.25) is 4.79 Å². The van der Waals surface area contributed by atoms with E-state index in [2.05, 4.69) is 24.5 Å². The van der Waals surface area contributed by atoms with Gasteiger partial charge < -0.3 is 20.1 Å². The van der Waals surface area contributed by atoms with E-state index in [9.17, 15) is 4.79 Å². The highest BCUT2D eigenvalue weighted by atomic mass is 16.5. The Hall–Kier alpha value is -1.75. The van der Waals surface area contributed by atoms with E-state index in [1.807, 2.05) is 18.2 Å². The summed E-state index contributed by atoms with van der Waals surface area (Å²) >= 11 is 0. The molecule has 0 saturated heterocycles. The number of amides is 1. The molecule has 1 aromatic carbocycles. The lowest BCUT2D eigenvalue weighted by molar-refractivity contribution is -0.120. The molecule has 0 aliphatic carbocycles. The summed E-state index contributed by atoms with van der Waals surface area (Å²) in [6, 6.07) is 5.61. The fourth-order valence-electron chi connectivity index (χ4n) is 1.85. The van der Waals surface area contributed by atoms with E-state index < -0.39 is 0 Å². The molecule has 0 aliphatic heterocycles. The Morgan fingerprint density at radius 1 is 1.19 bits per heavy atom. The van der Waals surface area contributed by atoms with E-state index in [4.69, 9.17) is 9.47 Å². The predicted molar refractivity (Wildman–Crippen MR) is 83.7 cm³/mol. The smallest absolute Gasteiger partial charge is 0.234 e. The topological polar surface area (TPSA) is 59.6 Å². The van der Waals surface area contributed by atoms with Crippen LogP contribution in [-0.2, 0) is 11.3 Å². The SMILES string of the molecule is COc1ccc(CNC(=O)CNCCC(C)C)cc1OC. The summed E-state index contributed by atoms with van der Waals surface area (Å²) in [4.78, 5) is 11.7. The Labute approximate surface area is 127 Å². The van der Waals surface area contributed by atoms with Crippen LogP contribution in [0.15, 0.2) is 18.2 Å². The van der Waals surface area contributed by atoms with Crippen LogP contribution in [0.2, 0.25) is 0 Å². The molecule has 118 valence electrons. The van der Waals surface area contributed by atoms with E-state index in [-0.39, 0.29) is 5.91 Å². The zero-order valence-electron chi connectivity index (χ0n) is 13.4. The van der Waals surface area contributed by atoms with Crippen molar-refractivity contribution in [1.82, 2.24) is 10.6 Å². The molecule has 1 rings (SSSR count). The van der Waals surface area contributed by atoms with Gasteiger partial charge in [-0.25, -0.2) is 0 Å². The van der Waals surface area contributed by atoms with Crippen molar-refractivity contribution in [2.45, 2.75) is 26.8 Å². The fraction of sp³-hybridized carbons (Fsp3) is 0.562. The van der Waals surface area contributed by atoms with Crippen LogP contribution in [0.4, 0.5) is 0 Å². The molecule has 1 aromatic rings. The molecule has 21 heavy (non-hydrogen) atoms. The van der Waals surface area contributed by atoms with Crippen molar-refractivity contribution in [3.05, 3.63) is 23.8 Å². The van der Waals surface area contributed by atoms with E-state index in [1.165, 1.54) is 0 Å². The zero-order valence-corrected chi connectivity index (χ0v) is 13.4. The number of ether oxygens (including phenoxy) is 2. The van der Waals surface area contributed by atoms with Crippen LogP contribution in [-0.4, -0.2) is 33.2 Å². The van der Waals surface area contributed by atoms with Gasteiger partial charge in [0.25, 0.3) is 0 Å². The van der Waals surface area contributed by atoms with Gasteiger partial charge in [0.05, 0.1) is 20.8 Å². The molecule has 0 radical (unpaired) electrons. The lowest BCUT2D eigenvalue weighted by atomic mass is 10.1. The Morgan fingerprint density at radius 3 is 2.52 bits per heavy atom. The quantitative estimate of drug-likeness (QED) is 0.684. The lowest BCUT2D eigenvalue weighted by Crippen LogP contribution is -2.34. The van der Waals surface area contributed by atoms with Gasteiger partial charge in [-0.1, -0.05) is 19.9 Å². The minimum Gasteiger partial charge on any atom is -0.493 e. The van der Waals surface area contributed by atoms with Gasteiger partial charge in [0.2, 0.25) is 5.91 Å². The largest absolute Gasteiger partial charge is 0.493 e. The molecule has 0 aromatic heterocycles. The van der Waals surface area contributed by atoms with Crippen LogP contribution >= 0.6 is 0 Å². The number of carbonyl (C=O) groups is 1. The van der Waals surface area contributed by atoms with Crippen molar-refractivity contribution in [2.24, 2.45) is 5.92 Å². The zero-order chi connectivity index (χ0) is 15.7. The Morgan fingerprint density at radius 2 is 1.90 bits per heavy atom. The first-order chi connectivity index (χ1) is 10.1. The van der Waals surface area contributed by atoms with Gasteiger partial charge in [0, 0.05) is 6.54 Å². The first-order valence-electron chi connectivity index (χ1n) is 7.25. The lowest BCUT2D eigenvalue weighted by Gasteiger charge is -2.11. The first kappa shape index (κ1) is 17.3. The molecule has 0 atom stereocenters. The molecule has 0 aliphatic rings. The summed E-state index contributed by atoms with van der Waals surface area (Å²) in [6.45, 7) is 6.02. The molecule has 0 heterocycles. The monoisotopic (exact) mass is 294 g/mol. The van der Waals surface area contributed by atoms with E-state index >= 15 is 0 Å². The molecular weight excluding hydrogens is 268 g/mol. The third-order valence-corrected chi connectivity index (χ3v) is 3.12. The summed E-state index contributed by atoms with van der Waals surface area (Å²) in [6.07, 6.45) is 1.07. The van der Waals surface area contributed by atoms with E-state index in [1.54, 1.807) is 14.2 Å². The second-order valence-corrected chi connectivity index (χ2v) is 5.33. The van der Waals surface area contributed by atoms with Crippen LogP contribution in [0.5, 0.6) is 11.5 Å². The number of benzene rings is 1. The number of carbonyl (C=O) groups excluding carboxylic acids is 1. The average Bonchev–Trinajstić information content (AvgIpc) is 2.48. The molecule has 0 bridgehead atoms. The van der Waals surface area contributed by atoms with Crippen LogP contribution in [0.25, 0.3) is 0 Å². The van der Waals surface area contributed by atoms with Crippen LogP contribution in [0.1, 0.15) is 25.8 Å². The van der Waals surface area contributed by atoms with Crippen LogP contribution in [0.3, 0.4) is 0 Å². The summed E-state index contributed by atoms with van der Waals surface area (Å²) in [5, 5.41) is 6.01. The second kappa shape index (κ2) is 9.23. The molecule has 0 fully saturated rings. The fourth-order valence-corrected chi connectivity index (χ4v) is 1.85. The first-order valence-corrected chi connectivity index (χ1v) is 7.25. The standard InChI is InChI=1S/C16H26N2O3/c1-12(2)7-8-17-11-16(19)18-10-13-5-6-14(20-3)15(9-13)21-4/h5-6,9,12,17H,7-8,10-11H2,1-4H3,(H,18,19). The van der Waals surface area contributed by atoms with Crippen molar-refractivity contribution < 1.29 is 14.3 Å². The maximum atomic E-state index is 11.7. The van der Waals surface area contributed by atoms with E-state index in [0.717, 1.165) is 18.5 Å². The molecule has 5 heteroatoms. The number of hydrogen-bond acceptors (Lipinski definition) is 4. The van der Waals surface area contributed by atoms with Crippen molar-refractivity contribution in [3.8, 4) is 11.5 Å². The predicted octanol–water partition coefficient (Wildman–Crippen LogP) is 1.96. The van der Waals surface area contributed by atoms with Gasteiger partial charge in [0.15, 0.2) is 11.5 Å². The second-order valence-electron chi connectivity index (χ2n) is 5.33. The van der Waals surface area contributed by atoms with Gasteiger partial charge >= 0.3 is 0 Å². The molecule has 1 amide bonds. The summed E-state index contributed by atoms with van der Waals surface area (Å²) in [5.41, 5.74) is 0.975. The molecule has 0 unspecified atom stereocenters. The minimum absolute atomic E-state index is 0.00598. The van der Waals surface area contributed by atoms with Gasteiger partial charge in [0.1, 0.15) is 0 Å². The number of methoxy groups -OCH3 is 2. The maximum Gasteiger partial charge on any atom is 0.234 e.